The van der Waals surface area contributed by atoms with E-state index in [4.69, 9.17) is 31.2 Å². The molecule has 3 amide bonds. The van der Waals surface area contributed by atoms with E-state index in [9.17, 15) is 14.4 Å². The zero-order valence-electron chi connectivity index (χ0n) is 12.4. The highest BCUT2D eigenvalue weighted by Crippen LogP contribution is 2.17. The molecule has 0 spiro atoms. The number of rotatable bonds is 9. The predicted molar refractivity (Wildman–Crippen MR) is 75.0 cm³/mol. The third-order valence-electron chi connectivity index (χ3n) is 2.76. The maximum atomic E-state index is 11.8. The second-order valence-electron chi connectivity index (χ2n) is 4.68. The lowest BCUT2D eigenvalue weighted by molar-refractivity contribution is -0.140. The average molecular weight is 346 g/mol. The summed E-state index contributed by atoms with van der Waals surface area (Å²) in [6.07, 6.45) is -0.416. The summed E-state index contributed by atoms with van der Waals surface area (Å²) in [6.45, 7) is -1.30. The fraction of sp³-hybridized carbons (Fsp3) is 0.545. The van der Waals surface area contributed by atoms with Crippen molar-refractivity contribution in [3.8, 4) is 0 Å². The molecule has 0 bridgehead atoms. The zero-order chi connectivity index (χ0) is 18.3. The normalized spacial score (nSPS) is 14.5. The molecule has 13 nitrogen and oxygen atoms in total. The van der Waals surface area contributed by atoms with E-state index in [1.807, 2.05) is 5.32 Å². The van der Waals surface area contributed by atoms with Gasteiger partial charge in [0.25, 0.3) is 0 Å². The molecule has 1 aromatic heterocycles. The van der Waals surface area contributed by atoms with Crippen molar-refractivity contribution in [3.63, 3.8) is 0 Å². The standard InChI is InChI=1S/C11H18N6O7/c12-4(2-18)8-16-17-9(24-8)5(1-7(13)20)14-11(23)15-6(3-19)10(21)22/h4-6,18-19H,1-3,12H2,(H2,13,20)(H,21,22)(H2,14,15,23). The first-order chi connectivity index (χ1) is 11.3. The number of amides is 3. The van der Waals surface area contributed by atoms with Crippen molar-refractivity contribution in [2.45, 2.75) is 24.5 Å². The number of carbonyl (C=O) groups excluding carboxylic acids is 2. The number of aliphatic carboxylic acids is 1. The highest BCUT2D eigenvalue weighted by molar-refractivity contribution is 5.83. The summed E-state index contributed by atoms with van der Waals surface area (Å²) in [6, 6.07) is -4.64. The summed E-state index contributed by atoms with van der Waals surface area (Å²) in [4.78, 5) is 33.6. The summed E-state index contributed by atoms with van der Waals surface area (Å²) in [5.74, 6) is -2.58. The summed E-state index contributed by atoms with van der Waals surface area (Å²) in [5, 5.41) is 37.9. The molecule has 0 aliphatic rings. The first kappa shape index (κ1) is 19.3. The summed E-state index contributed by atoms with van der Waals surface area (Å²) >= 11 is 0. The number of nitrogens with two attached hydrogens (primary N) is 2. The van der Waals surface area contributed by atoms with Crippen LogP contribution in [0.3, 0.4) is 0 Å². The number of aromatic nitrogens is 2. The van der Waals surface area contributed by atoms with Crippen LogP contribution in [0.15, 0.2) is 4.42 Å². The van der Waals surface area contributed by atoms with Gasteiger partial charge in [0.2, 0.25) is 17.7 Å². The molecule has 134 valence electrons. The van der Waals surface area contributed by atoms with Crippen molar-refractivity contribution in [2.75, 3.05) is 13.2 Å². The number of carbonyl (C=O) groups is 3. The number of primary amides is 1. The maximum absolute atomic E-state index is 11.8. The largest absolute Gasteiger partial charge is 0.480 e. The molecule has 1 rings (SSSR count). The molecule has 3 atom stereocenters. The van der Waals surface area contributed by atoms with Crippen LogP contribution in [0.5, 0.6) is 0 Å². The minimum atomic E-state index is -1.54. The van der Waals surface area contributed by atoms with Crippen molar-refractivity contribution < 1.29 is 34.1 Å². The van der Waals surface area contributed by atoms with Crippen molar-refractivity contribution in [2.24, 2.45) is 11.5 Å². The van der Waals surface area contributed by atoms with Crippen LogP contribution in [-0.4, -0.2) is 62.7 Å². The van der Waals surface area contributed by atoms with Gasteiger partial charge < -0.3 is 41.8 Å². The van der Waals surface area contributed by atoms with Crippen LogP contribution >= 0.6 is 0 Å². The number of hydrogen-bond acceptors (Lipinski definition) is 9. The van der Waals surface area contributed by atoms with Gasteiger partial charge in [0.05, 0.1) is 19.6 Å². The first-order valence-electron chi connectivity index (χ1n) is 6.67. The number of aliphatic hydroxyl groups is 2. The van der Waals surface area contributed by atoms with E-state index in [0.29, 0.717) is 0 Å². The molecule has 1 heterocycles. The lowest BCUT2D eigenvalue weighted by Crippen LogP contribution is -2.49. The predicted octanol–water partition coefficient (Wildman–Crippen LogP) is -3.28. The Bertz CT molecular complexity index is 591. The van der Waals surface area contributed by atoms with E-state index in [-0.39, 0.29) is 11.8 Å². The first-order valence-corrected chi connectivity index (χ1v) is 6.67. The van der Waals surface area contributed by atoms with E-state index < -0.39 is 55.7 Å². The molecule has 0 aliphatic carbocycles. The van der Waals surface area contributed by atoms with Crippen molar-refractivity contribution >= 4 is 17.9 Å². The molecule has 0 radical (unpaired) electrons. The number of nitrogens with one attached hydrogen (secondary N) is 2. The van der Waals surface area contributed by atoms with Gasteiger partial charge in [-0.25, -0.2) is 9.59 Å². The lowest BCUT2D eigenvalue weighted by atomic mass is 10.2. The Hall–Kier alpha value is -2.77. The van der Waals surface area contributed by atoms with Crippen LogP contribution in [0.1, 0.15) is 30.3 Å². The minimum Gasteiger partial charge on any atom is -0.480 e. The third-order valence-corrected chi connectivity index (χ3v) is 2.76. The zero-order valence-corrected chi connectivity index (χ0v) is 12.4. The fourth-order valence-electron chi connectivity index (χ4n) is 1.56. The Morgan fingerprint density at radius 1 is 1.12 bits per heavy atom. The summed E-state index contributed by atoms with van der Waals surface area (Å²) < 4.78 is 5.16. The van der Waals surface area contributed by atoms with Crippen molar-refractivity contribution in [1.29, 1.82) is 0 Å². The van der Waals surface area contributed by atoms with Crippen LogP contribution < -0.4 is 22.1 Å². The average Bonchev–Trinajstić information content (AvgIpc) is 3.00. The minimum absolute atomic E-state index is 0.122. The van der Waals surface area contributed by atoms with Gasteiger partial charge in [-0.2, -0.15) is 0 Å². The Balaban J connectivity index is 2.85. The van der Waals surface area contributed by atoms with Gasteiger partial charge in [0.15, 0.2) is 6.04 Å². The van der Waals surface area contributed by atoms with Gasteiger partial charge in [-0.15, -0.1) is 10.2 Å². The smallest absolute Gasteiger partial charge is 0.328 e. The van der Waals surface area contributed by atoms with Gasteiger partial charge >= 0.3 is 12.0 Å². The second kappa shape index (κ2) is 8.76. The van der Waals surface area contributed by atoms with Crippen LogP contribution in [0.4, 0.5) is 4.79 Å². The van der Waals surface area contributed by atoms with Crippen LogP contribution in [-0.2, 0) is 9.59 Å². The van der Waals surface area contributed by atoms with Gasteiger partial charge in [-0.1, -0.05) is 0 Å². The number of carboxylic acid groups (broad SMARTS) is 1. The van der Waals surface area contributed by atoms with Gasteiger partial charge in [0.1, 0.15) is 12.1 Å². The Labute approximate surface area is 135 Å². The fourth-order valence-corrected chi connectivity index (χ4v) is 1.56. The Morgan fingerprint density at radius 3 is 2.25 bits per heavy atom. The van der Waals surface area contributed by atoms with Crippen molar-refractivity contribution in [1.82, 2.24) is 20.8 Å². The van der Waals surface area contributed by atoms with Crippen molar-refractivity contribution in [3.05, 3.63) is 11.8 Å². The SMILES string of the molecule is NC(=O)CC(NC(=O)NC(CO)C(=O)O)c1nnc(C(N)CO)o1. The van der Waals surface area contributed by atoms with E-state index in [1.54, 1.807) is 0 Å². The number of carboxylic acids is 1. The molecule has 0 saturated carbocycles. The molecule has 0 aliphatic heterocycles. The van der Waals surface area contributed by atoms with Crippen LogP contribution in [0, 0.1) is 0 Å². The Morgan fingerprint density at radius 2 is 1.75 bits per heavy atom. The van der Waals surface area contributed by atoms with E-state index >= 15 is 0 Å². The molecule has 9 N–H and O–H groups in total. The molecular weight excluding hydrogens is 328 g/mol. The topological polar surface area (TPSA) is 227 Å². The van der Waals surface area contributed by atoms with E-state index in [2.05, 4.69) is 15.5 Å². The van der Waals surface area contributed by atoms with Gasteiger partial charge in [-0.3, -0.25) is 4.79 Å². The molecule has 0 saturated heterocycles. The second-order valence-corrected chi connectivity index (χ2v) is 4.68. The number of urea groups is 1. The Kier molecular flexibility index (Phi) is 7.03. The molecule has 3 unspecified atom stereocenters. The highest BCUT2D eigenvalue weighted by atomic mass is 16.4. The number of aliphatic hydroxyl groups excluding tert-OH is 2. The van der Waals surface area contributed by atoms with Gasteiger partial charge in [0, 0.05) is 0 Å². The third kappa shape index (κ3) is 5.45. The van der Waals surface area contributed by atoms with E-state index in [1.165, 1.54) is 0 Å². The highest BCUT2D eigenvalue weighted by Gasteiger charge is 2.26. The quantitative estimate of drug-likeness (QED) is 0.236. The summed E-state index contributed by atoms with van der Waals surface area (Å²) in [5.41, 5.74) is 10.6. The molecular formula is C11H18N6O7. The molecule has 13 heteroatoms. The van der Waals surface area contributed by atoms with Crippen LogP contribution in [0.2, 0.25) is 0 Å². The molecule has 24 heavy (non-hydrogen) atoms. The molecule has 0 aromatic carbocycles. The molecule has 1 aromatic rings. The number of nitrogens with zero attached hydrogens (tertiary/aromatic N) is 2. The van der Waals surface area contributed by atoms with E-state index in [0.717, 1.165) is 0 Å². The van der Waals surface area contributed by atoms with Gasteiger partial charge in [-0.05, 0) is 0 Å². The lowest BCUT2D eigenvalue weighted by Gasteiger charge is -2.17. The van der Waals surface area contributed by atoms with Crippen LogP contribution in [0.25, 0.3) is 0 Å². The maximum Gasteiger partial charge on any atom is 0.328 e. The molecule has 0 fully saturated rings. The monoisotopic (exact) mass is 346 g/mol. The summed E-state index contributed by atoms with van der Waals surface area (Å²) in [7, 11) is 0. The number of hydrogen-bond donors (Lipinski definition) is 7.